The zero-order valence-electron chi connectivity index (χ0n) is 14.7. The van der Waals surface area contributed by atoms with Gasteiger partial charge in [0.1, 0.15) is 0 Å². The second kappa shape index (κ2) is 7.63. The van der Waals surface area contributed by atoms with Gasteiger partial charge in [-0.2, -0.15) is 0 Å². The second-order valence-electron chi connectivity index (χ2n) is 6.77. The number of hydrogen-bond donors (Lipinski definition) is 2. The fourth-order valence-corrected chi connectivity index (χ4v) is 3.08. The Morgan fingerprint density at radius 1 is 1.20 bits per heavy atom. The fraction of sp³-hybridized carbons (Fsp3) is 0.556. The molecule has 0 atom stereocenters. The molecule has 3 amide bonds. The molecule has 1 aromatic rings. The molecule has 0 bridgehead atoms. The van der Waals surface area contributed by atoms with Crippen molar-refractivity contribution in [3.05, 3.63) is 23.8 Å². The van der Waals surface area contributed by atoms with Crippen LogP contribution >= 0.6 is 0 Å². The van der Waals surface area contributed by atoms with Crippen LogP contribution < -0.4 is 20.1 Å². The first-order valence-electron chi connectivity index (χ1n) is 8.74. The topological polar surface area (TPSA) is 79.9 Å². The number of likely N-dealkylation sites (tertiary alicyclic amines) is 1. The van der Waals surface area contributed by atoms with Crippen molar-refractivity contribution in [2.75, 3.05) is 19.9 Å². The lowest BCUT2D eigenvalue weighted by atomic mass is 10.0. The Morgan fingerprint density at radius 2 is 1.92 bits per heavy atom. The predicted molar refractivity (Wildman–Crippen MR) is 92.4 cm³/mol. The highest BCUT2D eigenvalue weighted by Crippen LogP contribution is 2.32. The van der Waals surface area contributed by atoms with Gasteiger partial charge in [0.15, 0.2) is 11.5 Å². The lowest BCUT2D eigenvalue weighted by molar-refractivity contribution is -0.135. The molecule has 2 N–H and O–H groups in total. The number of fused-ring (bicyclic) bond motifs is 1. The van der Waals surface area contributed by atoms with Crippen LogP contribution in [-0.2, 0) is 11.3 Å². The predicted octanol–water partition coefficient (Wildman–Crippen LogP) is 1.86. The largest absolute Gasteiger partial charge is 0.454 e. The monoisotopic (exact) mass is 347 g/mol. The second-order valence-corrected chi connectivity index (χ2v) is 6.77. The third kappa shape index (κ3) is 4.35. The van der Waals surface area contributed by atoms with Gasteiger partial charge in [-0.1, -0.05) is 19.9 Å². The van der Waals surface area contributed by atoms with E-state index in [1.165, 1.54) is 0 Å². The average Bonchev–Trinajstić information content (AvgIpc) is 3.07. The van der Waals surface area contributed by atoms with E-state index in [-0.39, 0.29) is 30.7 Å². The zero-order chi connectivity index (χ0) is 17.8. The Morgan fingerprint density at radius 3 is 2.64 bits per heavy atom. The maximum absolute atomic E-state index is 12.1. The molecule has 2 aliphatic heterocycles. The van der Waals surface area contributed by atoms with E-state index in [2.05, 4.69) is 10.6 Å². The molecule has 0 aliphatic carbocycles. The van der Waals surface area contributed by atoms with Crippen LogP contribution in [0.3, 0.4) is 0 Å². The third-order valence-electron chi connectivity index (χ3n) is 4.53. The van der Waals surface area contributed by atoms with Gasteiger partial charge in [0, 0.05) is 31.6 Å². The standard InChI is InChI=1S/C18H25N3O4/c1-12(2)17(22)21-7-5-14(6-8-21)20-18(23)19-10-13-3-4-15-16(9-13)25-11-24-15/h3-4,9,12,14H,5-8,10-11H2,1-2H3,(H2,19,20,23). The number of hydrogen-bond acceptors (Lipinski definition) is 4. The lowest BCUT2D eigenvalue weighted by Crippen LogP contribution is -2.49. The summed E-state index contributed by atoms with van der Waals surface area (Å²) in [6.45, 7) is 5.89. The highest BCUT2D eigenvalue weighted by Gasteiger charge is 2.25. The van der Waals surface area contributed by atoms with Crippen LogP contribution in [-0.4, -0.2) is 42.8 Å². The van der Waals surface area contributed by atoms with E-state index in [1.54, 1.807) is 0 Å². The number of rotatable bonds is 4. The molecule has 0 aromatic heterocycles. The van der Waals surface area contributed by atoms with Crippen molar-refractivity contribution in [2.24, 2.45) is 5.92 Å². The summed E-state index contributed by atoms with van der Waals surface area (Å²) in [5.74, 6) is 1.65. The minimum absolute atomic E-state index is 0.0227. The van der Waals surface area contributed by atoms with Crippen LogP contribution in [0.2, 0.25) is 0 Å². The molecule has 7 nitrogen and oxygen atoms in total. The Labute approximate surface area is 147 Å². The molecular weight excluding hydrogens is 322 g/mol. The van der Waals surface area contributed by atoms with Crippen LogP contribution in [0.5, 0.6) is 11.5 Å². The highest BCUT2D eigenvalue weighted by atomic mass is 16.7. The summed E-state index contributed by atoms with van der Waals surface area (Å²) in [5, 5.41) is 5.85. The summed E-state index contributed by atoms with van der Waals surface area (Å²) < 4.78 is 10.6. The smallest absolute Gasteiger partial charge is 0.315 e. The number of piperidine rings is 1. The van der Waals surface area contributed by atoms with E-state index in [1.807, 2.05) is 36.9 Å². The summed E-state index contributed by atoms with van der Waals surface area (Å²) >= 11 is 0. The van der Waals surface area contributed by atoms with Gasteiger partial charge in [-0.05, 0) is 30.5 Å². The SMILES string of the molecule is CC(C)C(=O)N1CCC(NC(=O)NCc2ccc3c(c2)OCO3)CC1. The number of carbonyl (C=O) groups is 2. The molecular formula is C18H25N3O4. The first-order chi connectivity index (χ1) is 12.0. The van der Waals surface area contributed by atoms with Gasteiger partial charge in [-0.25, -0.2) is 4.79 Å². The quantitative estimate of drug-likeness (QED) is 0.871. The van der Waals surface area contributed by atoms with Crippen molar-refractivity contribution >= 4 is 11.9 Å². The van der Waals surface area contributed by atoms with Crippen molar-refractivity contribution in [1.29, 1.82) is 0 Å². The average molecular weight is 347 g/mol. The van der Waals surface area contributed by atoms with Gasteiger partial charge < -0.3 is 25.0 Å². The van der Waals surface area contributed by atoms with Crippen molar-refractivity contribution in [3.63, 3.8) is 0 Å². The molecule has 0 unspecified atom stereocenters. The maximum atomic E-state index is 12.1. The third-order valence-corrected chi connectivity index (χ3v) is 4.53. The molecule has 2 aliphatic rings. The van der Waals surface area contributed by atoms with Crippen molar-refractivity contribution < 1.29 is 19.1 Å². The maximum Gasteiger partial charge on any atom is 0.315 e. The van der Waals surface area contributed by atoms with Gasteiger partial charge >= 0.3 is 6.03 Å². The summed E-state index contributed by atoms with van der Waals surface area (Å²) in [6.07, 6.45) is 1.58. The number of nitrogens with zero attached hydrogens (tertiary/aromatic N) is 1. The number of amides is 3. The summed E-state index contributed by atoms with van der Waals surface area (Å²) in [5.41, 5.74) is 0.955. The highest BCUT2D eigenvalue weighted by molar-refractivity contribution is 5.78. The van der Waals surface area contributed by atoms with Crippen molar-refractivity contribution in [1.82, 2.24) is 15.5 Å². The zero-order valence-corrected chi connectivity index (χ0v) is 14.7. The molecule has 1 saturated heterocycles. The number of benzene rings is 1. The van der Waals surface area contributed by atoms with E-state index in [0.717, 1.165) is 24.2 Å². The van der Waals surface area contributed by atoms with Gasteiger partial charge in [-0.3, -0.25) is 4.79 Å². The van der Waals surface area contributed by atoms with Crippen LogP contribution in [0.25, 0.3) is 0 Å². The van der Waals surface area contributed by atoms with E-state index in [4.69, 9.17) is 9.47 Å². The molecule has 0 saturated carbocycles. The number of urea groups is 1. The van der Waals surface area contributed by atoms with E-state index >= 15 is 0 Å². The van der Waals surface area contributed by atoms with E-state index < -0.39 is 0 Å². The Hall–Kier alpha value is -2.44. The summed E-state index contributed by atoms with van der Waals surface area (Å²) in [7, 11) is 0. The van der Waals surface area contributed by atoms with Gasteiger partial charge in [-0.15, -0.1) is 0 Å². The van der Waals surface area contributed by atoms with E-state index in [9.17, 15) is 9.59 Å². The molecule has 7 heteroatoms. The van der Waals surface area contributed by atoms with Crippen LogP contribution in [0.1, 0.15) is 32.3 Å². The number of nitrogens with one attached hydrogen (secondary N) is 2. The molecule has 2 heterocycles. The first-order valence-corrected chi connectivity index (χ1v) is 8.74. The number of carbonyl (C=O) groups excluding carboxylic acids is 2. The Bertz CT molecular complexity index is 639. The minimum atomic E-state index is -0.189. The minimum Gasteiger partial charge on any atom is -0.454 e. The van der Waals surface area contributed by atoms with Gasteiger partial charge in [0.2, 0.25) is 12.7 Å². The molecule has 25 heavy (non-hydrogen) atoms. The summed E-state index contributed by atoms with van der Waals surface area (Å²) in [6, 6.07) is 5.54. The van der Waals surface area contributed by atoms with E-state index in [0.29, 0.717) is 25.4 Å². The molecule has 136 valence electrons. The summed E-state index contributed by atoms with van der Waals surface area (Å²) in [4.78, 5) is 25.9. The molecule has 0 spiro atoms. The fourth-order valence-electron chi connectivity index (χ4n) is 3.08. The van der Waals surface area contributed by atoms with Crippen molar-refractivity contribution in [3.8, 4) is 11.5 Å². The lowest BCUT2D eigenvalue weighted by Gasteiger charge is -2.33. The molecule has 1 aromatic carbocycles. The van der Waals surface area contributed by atoms with Crippen LogP contribution in [0.15, 0.2) is 18.2 Å². The first kappa shape index (κ1) is 17.4. The van der Waals surface area contributed by atoms with Crippen LogP contribution in [0.4, 0.5) is 4.79 Å². The Balaban J connectivity index is 1.41. The number of ether oxygens (including phenoxy) is 2. The normalized spacial score (nSPS) is 16.8. The van der Waals surface area contributed by atoms with Crippen LogP contribution in [0, 0.1) is 5.92 Å². The molecule has 0 radical (unpaired) electrons. The van der Waals surface area contributed by atoms with Gasteiger partial charge in [0.25, 0.3) is 0 Å². The van der Waals surface area contributed by atoms with Crippen molar-refractivity contribution in [2.45, 2.75) is 39.3 Å². The van der Waals surface area contributed by atoms with Gasteiger partial charge in [0.05, 0.1) is 0 Å². The molecule has 3 rings (SSSR count). The Kier molecular flexibility index (Phi) is 5.31. The molecule has 1 fully saturated rings.